The maximum atomic E-state index is 11.8. The fraction of sp³-hybridized carbons (Fsp3) is 0.500. The molecule has 0 radical (unpaired) electrons. The Hall–Kier alpha value is -1.76. The standard InChI is InChI=1S/C12H15N5OS/c18-10(9-6-13-14-7-9)15-12-17-16-11(19-12)8-4-2-1-3-5-8/h6-8H,1-5H2,(H,13,14)(H,15,17,18). The fourth-order valence-corrected chi connectivity index (χ4v) is 3.25. The van der Waals surface area contributed by atoms with E-state index >= 15 is 0 Å². The van der Waals surface area contributed by atoms with Gasteiger partial charge in [-0.05, 0) is 12.8 Å². The Balaban J connectivity index is 1.66. The first kappa shape index (κ1) is 12.3. The molecular formula is C12H15N5OS. The average molecular weight is 277 g/mol. The third-order valence-corrected chi connectivity index (χ3v) is 4.38. The zero-order chi connectivity index (χ0) is 13.1. The molecule has 100 valence electrons. The molecule has 1 saturated carbocycles. The second-order valence-electron chi connectivity index (χ2n) is 4.72. The van der Waals surface area contributed by atoms with E-state index in [1.807, 2.05) is 0 Å². The molecule has 2 aromatic heterocycles. The molecule has 0 aromatic carbocycles. The highest BCUT2D eigenvalue weighted by Gasteiger charge is 2.20. The van der Waals surface area contributed by atoms with Crippen molar-refractivity contribution in [2.75, 3.05) is 5.32 Å². The first-order valence-electron chi connectivity index (χ1n) is 6.46. The van der Waals surface area contributed by atoms with Crippen LogP contribution in [0.5, 0.6) is 0 Å². The van der Waals surface area contributed by atoms with Gasteiger partial charge in [0.1, 0.15) is 5.01 Å². The molecular weight excluding hydrogens is 262 g/mol. The Morgan fingerprint density at radius 2 is 2.16 bits per heavy atom. The zero-order valence-electron chi connectivity index (χ0n) is 10.4. The van der Waals surface area contributed by atoms with Crippen LogP contribution in [0.25, 0.3) is 0 Å². The van der Waals surface area contributed by atoms with Gasteiger partial charge in [-0.15, -0.1) is 10.2 Å². The number of hydrogen-bond acceptors (Lipinski definition) is 5. The minimum absolute atomic E-state index is 0.208. The van der Waals surface area contributed by atoms with Crippen LogP contribution in [0.2, 0.25) is 0 Å². The monoisotopic (exact) mass is 277 g/mol. The van der Waals surface area contributed by atoms with Gasteiger partial charge in [0.05, 0.1) is 11.8 Å². The predicted molar refractivity (Wildman–Crippen MR) is 72.3 cm³/mol. The van der Waals surface area contributed by atoms with E-state index in [0.29, 0.717) is 16.6 Å². The fourth-order valence-electron chi connectivity index (χ4n) is 2.34. The van der Waals surface area contributed by atoms with E-state index in [0.717, 1.165) is 5.01 Å². The lowest BCUT2D eigenvalue weighted by atomic mass is 9.90. The summed E-state index contributed by atoms with van der Waals surface area (Å²) in [6, 6.07) is 0. The van der Waals surface area contributed by atoms with Crippen molar-refractivity contribution >= 4 is 22.4 Å². The molecule has 2 aromatic rings. The molecule has 1 fully saturated rings. The van der Waals surface area contributed by atoms with Gasteiger partial charge in [0.25, 0.3) is 5.91 Å². The van der Waals surface area contributed by atoms with Crippen molar-refractivity contribution in [1.29, 1.82) is 0 Å². The number of amides is 1. The summed E-state index contributed by atoms with van der Waals surface area (Å²) < 4.78 is 0. The summed E-state index contributed by atoms with van der Waals surface area (Å²) >= 11 is 1.48. The first-order chi connectivity index (χ1) is 9.33. The van der Waals surface area contributed by atoms with Crippen molar-refractivity contribution in [2.45, 2.75) is 38.0 Å². The van der Waals surface area contributed by atoms with E-state index in [4.69, 9.17) is 0 Å². The lowest BCUT2D eigenvalue weighted by Gasteiger charge is -2.18. The maximum absolute atomic E-state index is 11.8. The lowest BCUT2D eigenvalue weighted by molar-refractivity contribution is 0.102. The minimum atomic E-state index is -0.208. The van der Waals surface area contributed by atoms with Crippen molar-refractivity contribution in [3.05, 3.63) is 23.0 Å². The summed E-state index contributed by atoms with van der Waals surface area (Å²) in [6.45, 7) is 0. The van der Waals surface area contributed by atoms with Crippen LogP contribution < -0.4 is 5.32 Å². The van der Waals surface area contributed by atoms with Gasteiger partial charge in [0.2, 0.25) is 5.13 Å². The van der Waals surface area contributed by atoms with Gasteiger partial charge in [-0.2, -0.15) is 5.10 Å². The Morgan fingerprint density at radius 1 is 1.32 bits per heavy atom. The molecule has 1 aliphatic carbocycles. The predicted octanol–water partition coefficient (Wildman–Crippen LogP) is 2.56. The first-order valence-corrected chi connectivity index (χ1v) is 7.28. The average Bonchev–Trinajstić information content (AvgIpc) is 3.11. The number of hydrogen-bond donors (Lipinski definition) is 2. The van der Waals surface area contributed by atoms with Crippen molar-refractivity contribution in [3.63, 3.8) is 0 Å². The molecule has 0 unspecified atom stereocenters. The van der Waals surface area contributed by atoms with Gasteiger partial charge in [-0.25, -0.2) is 0 Å². The number of carbonyl (C=O) groups excluding carboxylic acids is 1. The Bertz CT molecular complexity index is 544. The molecule has 2 heterocycles. The third kappa shape index (κ3) is 2.81. The SMILES string of the molecule is O=C(Nc1nnc(C2CCCCC2)s1)c1cn[nH]c1. The summed E-state index contributed by atoms with van der Waals surface area (Å²) in [7, 11) is 0. The highest BCUT2D eigenvalue weighted by molar-refractivity contribution is 7.15. The molecule has 2 N–H and O–H groups in total. The van der Waals surface area contributed by atoms with Crippen LogP contribution in [0.1, 0.15) is 53.4 Å². The van der Waals surface area contributed by atoms with E-state index in [2.05, 4.69) is 25.7 Å². The van der Waals surface area contributed by atoms with Gasteiger partial charge in [0.15, 0.2) is 0 Å². The van der Waals surface area contributed by atoms with Crippen molar-refractivity contribution in [2.24, 2.45) is 0 Å². The Morgan fingerprint density at radius 3 is 2.89 bits per heavy atom. The summed E-state index contributed by atoms with van der Waals surface area (Å²) in [5.74, 6) is 0.311. The van der Waals surface area contributed by atoms with Gasteiger partial charge in [0, 0.05) is 12.1 Å². The summed E-state index contributed by atoms with van der Waals surface area (Å²) in [5, 5.41) is 19.0. The second-order valence-corrected chi connectivity index (χ2v) is 5.73. The van der Waals surface area contributed by atoms with Crippen LogP contribution in [0, 0.1) is 0 Å². The number of carbonyl (C=O) groups is 1. The topological polar surface area (TPSA) is 83.6 Å². The highest BCUT2D eigenvalue weighted by Crippen LogP contribution is 2.35. The van der Waals surface area contributed by atoms with Gasteiger partial charge < -0.3 is 0 Å². The number of H-pyrrole nitrogens is 1. The van der Waals surface area contributed by atoms with Crippen LogP contribution in [-0.2, 0) is 0 Å². The second kappa shape index (κ2) is 5.48. The van der Waals surface area contributed by atoms with E-state index in [1.165, 1.54) is 49.6 Å². The number of aromatic nitrogens is 4. The van der Waals surface area contributed by atoms with Crippen LogP contribution >= 0.6 is 11.3 Å². The third-order valence-electron chi connectivity index (χ3n) is 3.38. The molecule has 1 aliphatic rings. The zero-order valence-corrected chi connectivity index (χ0v) is 11.2. The van der Waals surface area contributed by atoms with E-state index in [-0.39, 0.29) is 5.91 Å². The molecule has 3 rings (SSSR count). The maximum Gasteiger partial charge on any atom is 0.260 e. The molecule has 7 heteroatoms. The summed E-state index contributed by atoms with van der Waals surface area (Å²) in [5.41, 5.74) is 0.495. The molecule has 0 atom stereocenters. The molecule has 1 amide bonds. The molecule has 0 aliphatic heterocycles. The number of nitrogens with zero attached hydrogens (tertiary/aromatic N) is 3. The van der Waals surface area contributed by atoms with E-state index in [1.54, 1.807) is 6.20 Å². The molecule has 19 heavy (non-hydrogen) atoms. The van der Waals surface area contributed by atoms with Crippen LogP contribution in [0.15, 0.2) is 12.4 Å². The van der Waals surface area contributed by atoms with Crippen LogP contribution in [-0.4, -0.2) is 26.3 Å². The van der Waals surface area contributed by atoms with Gasteiger partial charge in [-0.3, -0.25) is 15.2 Å². The van der Waals surface area contributed by atoms with Gasteiger partial charge >= 0.3 is 0 Å². The highest BCUT2D eigenvalue weighted by atomic mass is 32.1. The minimum Gasteiger partial charge on any atom is -0.296 e. The summed E-state index contributed by atoms with van der Waals surface area (Å²) in [4.78, 5) is 11.8. The summed E-state index contributed by atoms with van der Waals surface area (Å²) in [6.07, 6.45) is 9.26. The van der Waals surface area contributed by atoms with Crippen molar-refractivity contribution in [3.8, 4) is 0 Å². The van der Waals surface area contributed by atoms with Crippen molar-refractivity contribution < 1.29 is 4.79 Å². The molecule has 0 bridgehead atoms. The van der Waals surface area contributed by atoms with Crippen LogP contribution in [0.4, 0.5) is 5.13 Å². The lowest BCUT2D eigenvalue weighted by Crippen LogP contribution is -2.10. The molecule has 0 saturated heterocycles. The van der Waals surface area contributed by atoms with E-state index < -0.39 is 0 Å². The van der Waals surface area contributed by atoms with E-state index in [9.17, 15) is 4.79 Å². The quantitative estimate of drug-likeness (QED) is 0.903. The number of nitrogens with one attached hydrogen (secondary N) is 2. The number of aromatic amines is 1. The van der Waals surface area contributed by atoms with Crippen molar-refractivity contribution in [1.82, 2.24) is 20.4 Å². The largest absolute Gasteiger partial charge is 0.296 e. The smallest absolute Gasteiger partial charge is 0.260 e. The van der Waals surface area contributed by atoms with Gasteiger partial charge in [-0.1, -0.05) is 30.6 Å². The normalized spacial score (nSPS) is 16.4. The molecule has 6 nitrogen and oxygen atoms in total. The Kier molecular flexibility index (Phi) is 3.54. The van der Waals surface area contributed by atoms with Crippen LogP contribution in [0.3, 0.4) is 0 Å². The number of rotatable bonds is 3. The molecule has 0 spiro atoms. The Labute approximate surface area is 114 Å². The number of anilines is 1.